The Morgan fingerprint density at radius 2 is 1.69 bits per heavy atom. The van der Waals surface area contributed by atoms with Crippen molar-refractivity contribution in [2.75, 3.05) is 0 Å². The quantitative estimate of drug-likeness (QED) is 0.832. The number of halogens is 1. The van der Waals surface area contributed by atoms with Crippen LogP contribution in [0.5, 0.6) is 0 Å². The molecular formula is C11H18BrO3P. The van der Waals surface area contributed by atoms with Crippen LogP contribution in [0.4, 0.5) is 0 Å². The lowest BCUT2D eigenvalue weighted by Crippen LogP contribution is -1.87. The van der Waals surface area contributed by atoms with Crippen molar-refractivity contribution in [1.82, 2.24) is 0 Å². The van der Waals surface area contributed by atoms with E-state index in [-0.39, 0.29) is 6.16 Å². The smallest absolute Gasteiger partial charge is 0.324 e. The lowest BCUT2D eigenvalue weighted by molar-refractivity contribution is 0.371. The van der Waals surface area contributed by atoms with E-state index >= 15 is 0 Å². The van der Waals surface area contributed by atoms with Gasteiger partial charge in [-0.2, -0.15) is 0 Å². The molecule has 0 fully saturated rings. The highest BCUT2D eigenvalue weighted by Crippen LogP contribution is 2.40. The van der Waals surface area contributed by atoms with E-state index in [1.54, 1.807) is 24.3 Å². The van der Waals surface area contributed by atoms with Crippen LogP contribution >= 0.6 is 23.5 Å². The van der Waals surface area contributed by atoms with E-state index in [2.05, 4.69) is 29.8 Å². The van der Waals surface area contributed by atoms with Gasteiger partial charge in [-0.05, 0) is 11.6 Å². The summed E-state index contributed by atoms with van der Waals surface area (Å²) in [6, 6.07) is 6.98. The maximum Gasteiger partial charge on any atom is 0.329 e. The predicted molar refractivity (Wildman–Crippen MR) is 70.5 cm³/mol. The summed E-state index contributed by atoms with van der Waals surface area (Å²) in [7, 11) is -3.94. The lowest BCUT2D eigenvalue weighted by atomic mass is 10.2. The number of unbranched alkanes of at least 4 members (excludes halogenated alkanes) is 1. The van der Waals surface area contributed by atoms with Gasteiger partial charge in [-0.3, -0.25) is 4.57 Å². The number of hydrogen-bond acceptors (Lipinski definition) is 1. The van der Waals surface area contributed by atoms with E-state index in [0.717, 1.165) is 4.47 Å². The third kappa shape index (κ3) is 8.05. The summed E-state index contributed by atoms with van der Waals surface area (Å²) in [4.78, 5) is 17.4. The normalized spacial score (nSPS) is 10.6. The first-order chi connectivity index (χ1) is 7.40. The van der Waals surface area contributed by atoms with Crippen LogP contribution in [0.25, 0.3) is 0 Å². The maximum atomic E-state index is 10.6. The molecule has 0 amide bonds. The molecule has 0 atom stereocenters. The zero-order valence-corrected chi connectivity index (χ0v) is 12.0. The molecule has 1 aromatic rings. The minimum Gasteiger partial charge on any atom is -0.324 e. The summed E-state index contributed by atoms with van der Waals surface area (Å²) in [6.07, 6.45) is 2.43. The van der Waals surface area contributed by atoms with Gasteiger partial charge in [0, 0.05) is 4.47 Å². The molecule has 0 aromatic heterocycles. The lowest BCUT2D eigenvalue weighted by Gasteiger charge is -2.04. The fourth-order valence-electron chi connectivity index (χ4n) is 0.849. The molecule has 1 aromatic carbocycles. The van der Waals surface area contributed by atoms with Crippen molar-refractivity contribution in [2.24, 2.45) is 0 Å². The van der Waals surface area contributed by atoms with Crippen LogP contribution in [-0.2, 0) is 10.7 Å². The van der Waals surface area contributed by atoms with E-state index in [9.17, 15) is 4.57 Å². The Kier molecular flexibility index (Phi) is 7.94. The molecule has 0 aliphatic heterocycles. The summed E-state index contributed by atoms with van der Waals surface area (Å²) in [6.45, 7) is 4.36. The Morgan fingerprint density at radius 1 is 1.19 bits per heavy atom. The molecule has 2 N–H and O–H groups in total. The molecule has 0 spiro atoms. The summed E-state index contributed by atoms with van der Waals surface area (Å²) in [5.74, 6) is 0. The number of hydrogen-bond donors (Lipinski definition) is 2. The Hall–Kier alpha value is -0.150. The molecule has 16 heavy (non-hydrogen) atoms. The van der Waals surface area contributed by atoms with Gasteiger partial charge in [0.15, 0.2) is 0 Å². The molecule has 1 rings (SSSR count). The van der Waals surface area contributed by atoms with Crippen molar-refractivity contribution < 1.29 is 14.4 Å². The van der Waals surface area contributed by atoms with Crippen molar-refractivity contribution in [3.63, 3.8) is 0 Å². The van der Waals surface area contributed by atoms with Crippen molar-refractivity contribution in [2.45, 2.75) is 32.9 Å². The van der Waals surface area contributed by atoms with Crippen LogP contribution in [0, 0.1) is 0 Å². The first-order valence-corrected chi connectivity index (χ1v) is 7.77. The second kappa shape index (κ2) is 8.02. The van der Waals surface area contributed by atoms with Crippen LogP contribution in [0.15, 0.2) is 28.7 Å². The molecule has 0 saturated carbocycles. The molecule has 0 saturated heterocycles. The first-order valence-electron chi connectivity index (χ1n) is 5.18. The Balaban J connectivity index is 0.000000487. The van der Waals surface area contributed by atoms with Gasteiger partial charge in [-0.1, -0.05) is 60.8 Å². The standard InChI is InChI=1S/C7H8BrO3P.C4H10/c8-7-4-2-1-3-6(7)5-12(9,10)11;1-3-4-2/h1-4H,5H2,(H2,9,10,11);3-4H2,1-2H3. The van der Waals surface area contributed by atoms with Gasteiger partial charge >= 0.3 is 7.60 Å². The molecule has 0 unspecified atom stereocenters. The zero-order valence-electron chi connectivity index (χ0n) is 9.56. The average molecular weight is 309 g/mol. The van der Waals surface area contributed by atoms with Gasteiger partial charge in [0.05, 0.1) is 6.16 Å². The largest absolute Gasteiger partial charge is 0.329 e. The third-order valence-electron chi connectivity index (χ3n) is 1.83. The highest BCUT2D eigenvalue weighted by molar-refractivity contribution is 9.10. The van der Waals surface area contributed by atoms with Gasteiger partial charge in [0.25, 0.3) is 0 Å². The highest BCUT2D eigenvalue weighted by Gasteiger charge is 2.15. The number of benzene rings is 1. The maximum absolute atomic E-state index is 10.6. The monoisotopic (exact) mass is 308 g/mol. The van der Waals surface area contributed by atoms with Crippen LogP contribution in [0.2, 0.25) is 0 Å². The van der Waals surface area contributed by atoms with Gasteiger partial charge in [0.1, 0.15) is 0 Å². The van der Waals surface area contributed by atoms with Gasteiger partial charge in [-0.15, -0.1) is 0 Å². The minimum atomic E-state index is -3.94. The molecule has 0 aliphatic rings. The minimum absolute atomic E-state index is 0.214. The summed E-state index contributed by atoms with van der Waals surface area (Å²) in [5, 5.41) is 0. The predicted octanol–water partition coefficient (Wildman–Crippen LogP) is 3.93. The van der Waals surface area contributed by atoms with E-state index in [0.29, 0.717) is 5.56 Å². The first kappa shape index (κ1) is 15.9. The molecule has 3 nitrogen and oxygen atoms in total. The van der Waals surface area contributed by atoms with Crippen LogP contribution in [0.1, 0.15) is 32.3 Å². The molecule has 0 aliphatic carbocycles. The van der Waals surface area contributed by atoms with E-state index in [1.165, 1.54) is 12.8 Å². The Morgan fingerprint density at radius 3 is 2.06 bits per heavy atom. The Labute approximate surface area is 105 Å². The van der Waals surface area contributed by atoms with Crippen LogP contribution in [0.3, 0.4) is 0 Å². The van der Waals surface area contributed by atoms with E-state index in [1.807, 2.05) is 0 Å². The van der Waals surface area contributed by atoms with Gasteiger partial charge < -0.3 is 9.79 Å². The summed E-state index contributed by atoms with van der Waals surface area (Å²) >= 11 is 3.21. The topological polar surface area (TPSA) is 57.5 Å². The van der Waals surface area contributed by atoms with Crippen molar-refractivity contribution in [3.8, 4) is 0 Å². The fourth-order valence-corrected chi connectivity index (χ4v) is 2.21. The molecule has 0 heterocycles. The molecule has 5 heteroatoms. The second-order valence-electron chi connectivity index (χ2n) is 3.41. The van der Waals surface area contributed by atoms with Crippen LogP contribution in [-0.4, -0.2) is 9.79 Å². The molecule has 0 bridgehead atoms. The fraction of sp³-hybridized carbons (Fsp3) is 0.455. The zero-order chi connectivity index (χ0) is 12.6. The molecule has 92 valence electrons. The van der Waals surface area contributed by atoms with Gasteiger partial charge in [-0.25, -0.2) is 0 Å². The highest BCUT2D eigenvalue weighted by atomic mass is 79.9. The summed E-state index contributed by atoms with van der Waals surface area (Å²) < 4.78 is 11.4. The van der Waals surface area contributed by atoms with Crippen molar-refractivity contribution in [3.05, 3.63) is 34.3 Å². The number of rotatable bonds is 3. The summed E-state index contributed by atoms with van der Waals surface area (Å²) in [5.41, 5.74) is 0.630. The van der Waals surface area contributed by atoms with Crippen molar-refractivity contribution in [1.29, 1.82) is 0 Å². The third-order valence-corrected chi connectivity index (χ3v) is 3.36. The second-order valence-corrected chi connectivity index (χ2v) is 5.91. The molecular weight excluding hydrogens is 291 g/mol. The van der Waals surface area contributed by atoms with E-state index < -0.39 is 7.60 Å². The van der Waals surface area contributed by atoms with Crippen LogP contribution < -0.4 is 0 Å². The Bertz CT molecular complexity index is 347. The van der Waals surface area contributed by atoms with Crippen molar-refractivity contribution >= 4 is 23.5 Å². The van der Waals surface area contributed by atoms with Gasteiger partial charge in [0.2, 0.25) is 0 Å². The SMILES string of the molecule is CCCC.O=P(O)(O)Cc1ccccc1Br. The van der Waals surface area contributed by atoms with E-state index in [4.69, 9.17) is 9.79 Å². The average Bonchev–Trinajstić information content (AvgIpc) is 2.20. The molecule has 0 radical (unpaired) electrons.